The van der Waals surface area contributed by atoms with Crippen LogP contribution in [0.3, 0.4) is 0 Å². The second-order valence-corrected chi connectivity index (χ2v) is 6.96. The Hall–Kier alpha value is -1.18. The first kappa shape index (κ1) is 17.2. The third-order valence-electron chi connectivity index (χ3n) is 3.53. The van der Waals surface area contributed by atoms with Gasteiger partial charge in [-0.3, -0.25) is 0 Å². The van der Waals surface area contributed by atoms with Gasteiger partial charge in [0.25, 0.3) is 0 Å². The van der Waals surface area contributed by atoms with Crippen molar-refractivity contribution in [3.05, 3.63) is 16.1 Å². The minimum Gasteiger partial charge on any atom is -0.379 e. The normalized spacial score (nSPS) is 19.3. The van der Waals surface area contributed by atoms with E-state index in [9.17, 15) is 4.79 Å². The van der Waals surface area contributed by atoms with Gasteiger partial charge in [0, 0.05) is 49.6 Å². The molecule has 0 saturated carbocycles. The average Bonchev–Trinajstić information content (AvgIpc) is 2.72. The van der Waals surface area contributed by atoms with Crippen LogP contribution in [0.4, 0.5) is 4.79 Å². The molecule has 1 N–H and O–H groups in total. The summed E-state index contributed by atoms with van der Waals surface area (Å²) in [5.41, 5.74) is 1.04. The SMILES string of the molecule is Cc1csc(CCNC(=O)N2CCOC[C@@H](CN(C)C)C2)n1. The fourth-order valence-electron chi connectivity index (χ4n) is 2.60. The van der Waals surface area contributed by atoms with Crippen LogP contribution in [0, 0.1) is 12.8 Å². The lowest BCUT2D eigenvalue weighted by Crippen LogP contribution is -2.44. The summed E-state index contributed by atoms with van der Waals surface area (Å²) in [4.78, 5) is 20.7. The largest absolute Gasteiger partial charge is 0.379 e. The van der Waals surface area contributed by atoms with E-state index in [0.29, 0.717) is 25.6 Å². The Labute approximate surface area is 136 Å². The molecule has 0 aromatic carbocycles. The van der Waals surface area contributed by atoms with Crippen LogP contribution in [0.15, 0.2) is 5.38 Å². The van der Waals surface area contributed by atoms with E-state index < -0.39 is 0 Å². The predicted molar refractivity (Wildman–Crippen MR) is 88.4 cm³/mol. The smallest absolute Gasteiger partial charge is 0.317 e. The maximum Gasteiger partial charge on any atom is 0.317 e. The molecule has 1 aliphatic heterocycles. The van der Waals surface area contributed by atoms with E-state index >= 15 is 0 Å². The zero-order valence-corrected chi connectivity index (χ0v) is 14.5. The molecule has 0 aliphatic carbocycles. The van der Waals surface area contributed by atoms with Crippen LogP contribution < -0.4 is 5.32 Å². The summed E-state index contributed by atoms with van der Waals surface area (Å²) in [6.07, 6.45) is 0.787. The minimum absolute atomic E-state index is 0.00235. The molecule has 0 bridgehead atoms. The molecule has 0 unspecified atom stereocenters. The van der Waals surface area contributed by atoms with Crippen molar-refractivity contribution in [1.29, 1.82) is 0 Å². The predicted octanol–water partition coefficient (Wildman–Crippen LogP) is 1.21. The van der Waals surface area contributed by atoms with Gasteiger partial charge in [-0.2, -0.15) is 0 Å². The Bertz CT molecular complexity index is 478. The fraction of sp³-hybridized carbons (Fsp3) is 0.733. The van der Waals surface area contributed by atoms with Crippen LogP contribution in [0.5, 0.6) is 0 Å². The molecule has 1 saturated heterocycles. The van der Waals surface area contributed by atoms with Crippen molar-refractivity contribution >= 4 is 17.4 Å². The van der Waals surface area contributed by atoms with Gasteiger partial charge in [-0.1, -0.05) is 0 Å². The topological polar surface area (TPSA) is 57.7 Å². The number of nitrogens with one attached hydrogen (secondary N) is 1. The number of aryl methyl sites for hydroxylation is 1. The lowest BCUT2D eigenvalue weighted by Gasteiger charge is -2.25. The summed E-state index contributed by atoms with van der Waals surface area (Å²) in [7, 11) is 4.09. The number of thiazole rings is 1. The van der Waals surface area contributed by atoms with Crippen molar-refractivity contribution in [1.82, 2.24) is 20.1 Å². The van der Waals surface area contributed by atoms with Gasteiger partial charge in [0.2, 0.25) is 0 Å². The number of amides is 2. The van der Waals surface area contributed by atoms with Gasteiger partial charge >= 0.3 is 6.03 Å². The molecule has 1 atom stereocenters. The van der Waals surface area contributed by atoms with E-state index in [1.165, 1.54) is 0 Å². The van der Waals surface area contributed by atoms with Crippen molar-refractivity contribution < 1.29 is 9.53 Å². The van der Waals surface area contributed by atoms with E-state index in [0.717, 1.165) is 36.8 Å². The highest BCUT2D eigenvalue weighted by Crippen LogP contribution is 2.10. The third-order valence-corrected chi connectivity index (χ3v) is 4.56. The Balaban J connectivity index is 1.77. The first-order valence-electron chi connectivity index (χ1n) is 7.71. The zero-order chi connectivity index (χ0) is 15.9. The van der Waals surface area contributed by atoms with Crippen LogP contribution in [0.1, 0.15) is 10.7 Å². The van der Waals surface area contributed by atoms with Gasteiger partial charge in [-0.15, -0.1) is 11.3 Å². The molecule has 2 rings (SSSR count). The number of aromatic nitrogens is 1. The summed E-state index contributed by atoms with van der Waals surface area (Å²) in [6, 6.07) is 0.00235. The standard InChI is InChI=1S/C15H26N4O2S/c1-12-11-22-14(17-12)4-5-16-15(20)19-6-7-21-10-13(9-19)8-18(2)3/h11,13H,4-10H2,1-3H3,(H,16,20)/t13-/m0/s1. The Morgan fingerprint density at radius 3 is 3.09 bits per heavy atom. The first-order valence-corrected chi connectivity index (χ1v) is 8.59. The van der Waals surface area contributed by atoms with Crippen molar-refractivity contribution in [2.45, 2.75) is 13.3 Å². The van der Waals surface area contributed by atoms with Crippen LogP contribution in [-0.4, -0.2) is 74.3 Å². The molecular formula is C15H26N4O2S. The molecule has 124 valence electrons. The molecule has 22 heavy (non-hydrogen) atoms. The molecule has 2 amide bonds. The number of rotatable bonds is 5. The highest BCUT2D eigenvalue weighted by atomic mass is 32.1. The van der Waals surface area contributed by atoms with Gasteiger partial charge < -0.3 is 19.9 Å². The molecule has 1 fully saturated rings. The first-order chi connectivity index (χ1) is 10.5. The second-order valence-electron chi connectivity index (χ2n) is 6.01. The number of carbonyl (C=O) groups is 1. The van der Waals surface area contributed by atoms with Crippen molar-refractivity contribution in [3.8, 4) is 0 Å². The lowest BCUT2D eigenvalue weighted by atomic mass is 10.1. The number of nitrogens with zero attached hydrogens (tertiary/aromatic N) is 3. The van der Waals surface area contributed by atoms with Gasteiger partial charge in [0.05, 0.1) is 18.2 Å². The molecule has 7 heteroatoms. The quantitative estimate of drug-likeness (QED) is 0.884. The van der Waals surface area contributed by atoms with Gasteiger partial charge in [-0.25, -0.2) is 9.78 Å². The fourth-order valence-corrected chi connectivity index (χ4v) is 3.37. The zero-order valence-electron chi connectivity index (χ0n) is 13.7. The Kier molecular flexibility index (Phi) is 6.60. The molecule has 1 aliphatic rings. The molecule has 2 heterocycles. The molecule has 1 aromatic heterocycles. The Morgan fingerprint density at radius 2 is 2.41 bits per heavy atom. The number of carbonyl (C=O) groups excluding carboxylic acids is 1. The van der Waals surface area contributed by atoms with Crippen molar-refractivity contribution in [3.63, 3.8) is 0 Å². The molecule has 6 nitrogen and oxygen atoms in total. The van der Waals surface area contributed by atoms with E-state index in [4.69, 9.17) is 4.74 Å². The van der Waals surface area contributed by atoms with Crippen molar-refractivity contribution in [2.75, 3.05) is 53.5 Å². The number of ether oxygens (including phenoxy) is 1. The molecular weight excluding hydrogens is 300 g/mol. The summed E-state index contributed by atoms with van der Waals surface area (Å²) < 4.78 is 5.61. The summed E-state index contributed by atoms with van der Waals surface area (Å²) >= 11 is 1.65. The number of hydrogen-bond acceptors (Lipinski definition) is 5. The van der Waals surface area contributed by atoms with Crippen LogP contribution >= 0.6 is 11.3 Å². The van der Waals surface area contributed by atoms with Crippen LogP contribution in [-0.2, 0) is 11.2 Å². The maximum atomic E-state index is 12.3. The summed E-state index contributed by atoms with van der Waals surface area (Å²) in [5.74, 6) is 0.366. The number of hydrogen-bond donors (Lipinski definition) is 1. The highest BCUT2D eigenvalue weighted by Gasteiger charge is 2.22. The summed E-state index contributed by atoms with van der Waals surface area (Å²) in [5, 5.41) is 6.10. The second kappa shape index (κ2) is 8.45. The lowest BCUT2D eigenvalue weighted by molar-refractivity contribution is 0.112. The van der Waals surface area contributed by atoms with E-state index in [-0.39, 0.29) is 6.03 Å². The minimum atomic E-state index is 0.00235. The van der Waals surface area contributed by atoms with Gasteiger partial charge in [0.1, 0.15) is 0 Å². The average molecular weight is 326 g/mol. The Morgan fingerprint density at radius 1 is 1.59 bits per heavy atom. The van der Waals surface area contributed by atoms with E-state index in [2.05, 4.69) is 15.2 Å². The highest BCUT2D eigenvalue weighted by molar-refractivity contribution is 7.09. The molecule has 0 radical (unpaired) electrons. The van der Waals surface area contributed by atoms with Gasteiger partial charge in [0.15, 0.2) is 0 Å². The maximum absolute atomic E-state index is 12.3. The number of urea groups is 1. The molecule has 0 spiro atoms. The van der Waals surface area contributed by atoms with Crippen molar-refractivity contribution in [2.24, 2.45) is 5.92 Å². The van der Waals surface area contributed by atoms with Crippen LogP contribution in [0.2, 0.25) is 0 Å². The monoisotopic (exact) mass is 326 g/mol. The van der Waals surface area contributed by atoms with Gasteiger partial charge in [-0.05, 0) is 21.0 Å². The third kappa shape index (κ3) is 5.55. The van der Waals surface area contributed by atoms with Crippen LogP contribution in [0.25, 0.3) is 0 Å². The summed E-state index contributed by atoms with van der Waals surface area (Å²) in [6.45, 7) is 6.29. The van der Waals surface area contributed by atoms with E-state index in [1.54, 1.807) is 11.3 Å². The molecule has 1 aromatic rings. The van der Waals surface area contributed by atoms with E-state index in [1.807, 2.05) is 31.3 Å².